The highest BCUT2D eigenvalue weighted by molar-refractivity contribution is 8.01. The minimum Gasteiger partial charge on any atom is -0.153 e. The molecule has 1 unspecified atom stereocenters. The van der Waals surface area contributed by atoms with Gasteiger partial charge in [-0.05, 0) is 28.9 Å². The summed E-state index contributed by atoms with van der Waals surface area (Å²) in [6, 6.07) is 0. The standard InChI is InChI=1S/C15H32S.2CH4/c1-11(2)14(6,7)10-13(5)15(8,9)16-12(3)4;;/h11-13H,10H2,1-9H3;2*1H4. The molecule has 0 saturated carbocycles. The van der Waals surface area contributed by atoms with Crippen molar-refractivity contribution in [1.29, 1.82) is 0 Å². The molecule has 0 nitrogen and oxygen atoms in total. The van der Waals surface area contributed by atoms with Gasteiger partial charge in [-0.2, -0.15) is 11.8 Å². The van der Waals surface area contributed by atoms with Crippen molar-refractivity contribution in [3.05, 3.63) is 0 Å². The van der Waals surface area contributed by atoms with Gasteiger partial charge in [0, 0.05) is 4.75 Å². The first-order chi connectivity index (χ1) is 6.99. The van der Waals surface area contributed by atoms with Gasteiger partial charge < -0.3 is 0 Å². The third-order valence-corrected chi connectivity index (χ3v) is 5.60. The van der Waals surface area contributed by atoms with Gasteiger partial charge in [-0.1, -0.05) is 77.2 Å². The lowest BCUT2D eigenvalue weighted by Crippen LogP contribution is -2.33. The Morgan fingerprint density at radius 1 is 0.833 bits per heavy atom. The smallest absolute Gasteiger partial charge is 0.0132 e. The van der Waals surface area contributed by atoms with Crippen LogP contribution in [-0.4, -0.2) is 10.00 Å². The Morgan fingerprint density at radius 3 is 1.50 bits per heavy atom. The van der Waals surface area contributed by atoms with E-state index in [4.69, 9.17) is 0 Å². The van der Waals surface area contributed by atoms with E-state index in [2.05, 4.69) is 74.1 Å². The number of hydrogen-bond acceptors (Lipinski definition) is 1. The molecule has 0 rings (SSSR count). The summed E-state index contributed by atoms with van der Waals surface area (Å²) in [6.07, 6.45) is 1.32. The molecule has 0 fully saturated rings. The normalized spacial score (nSPS) is 14.2. The van der Waals surface area contributed by atoms with E-state index >= 15 is 0 Å². The zero-order valence-corrected chi connectivity index (χ0v) is 13.7. The molecule has 0 bridgehead atoms. The van der Waals surface area contributed by atoms with Gasteiger partial charge in [-0.25, -0.2) is 0 Å². The molecule has 0 aromatic rings. The van der Waals surface area contributed by atoms with Crippen molar-refractivity contribution < 1.29 is 0 Å². The van der Waals surface area contributed by atoms with Crippen molar-refractivity contribution in [1.82, 2.24) is 0 Å². The third kappa shape index (κ3) is 7.71. The SMILES string of the molecule is C.C.CC(C)SC(C)(C)C(C)CC(C)(C)C(C)C. The Morgan fingerprint density at radius 2 is 1.22 bits per heavy atom. The zero-order valence-electron chi connectivity index (χ0n) is 12.8. The van der Waals surface area contributed by atoms with Crippen molar-refractivity contribution in [3.63, 3.8) is 0 Å². The number of rotatable bonds is 6. The summed E-state index contributed by atoms with van der Waals surface area (Å²) in [7, 11) is 0. The second kappa shape index (κ2) is 8.51. The second-order valence-corrected chi connectivity index (χ2v) is 9.25. The molecule has 1 heteroatoms. The third-order valence-electron chi connectivity index (χ3n) is 4.12. The fourth-order valence-corrected chi connectivity index (χ4v) is 3.52. The van der Waals surface area contributed by atoms with Crippen molar-refractivity contribution in [2.45, 2.75) is 93.6 Å². The monoisotopic (exact) mass is 276 g/mol. The average Bonchev–Trinajstić information content (AvgIpc) is 1.99. The van der Waals surface area contributed by atoms with Gasteiger partial charge in [0.2, 0.25) is 0 Å². The van der Waals surface area contributed by atoms with Crippen LogP contribution in [0.25, 0.3) is 0 Å². The van der Waals surface area contributed by atoms with Gasteiger partial charge in [-0.15, -0.1) is 0 Å². The molecule has 0 saturated heterocycles. The van der Waals surface area contributed by atoms with Crippen molar-refractivity contribution in [2.75, 3.05) is 0 Å². The van der Waals surface area contributed by atoms with E-state index in [1.54, 1.807) is 0 Å². The Kier molecular flexibility index (Phi) is 11.1. The first-order valence-electron chi connectivity index (χ1n) is 6.67. The van der Waals surface area contributed by atoms with Crippen molar-refractivity contribution in [3.8, 4) is 0 Å². The molecule has 0 aliphatic rings. The van der Waals surface area contributed by atoms with E-state index < -0.39 is 0 Å². The molecule has 0 heterocycles. The fourth-order valence-electron chi connectivity index (χ4n) is 1.99. The molecular weight excluding hydrogens is 236 g/mol. The predicted octanol–water partition coefficient (Wildman–Crippen LogP) is 6.89. The summed E-state index contributed by atoms with van der Waals surface area (Å²) in [5, 5.41) is 0.722. The minimum atomic E-state index is 0. The molecule has 0 spiro atoms. The molecule has 114 valence electrons. The molecule has 1 atom stereocenters. The largest absolute Gasteiger partial charge is 0.153 e. The first-order valence-corrected chi connectivity index (χ1v) is 7.55. The van der Waals surface area contributed by atoms with E-state index in [1.807, 2.05) is 0 Å². The van der Waals surface area contributed by atoms with E-state index in [0.717, 1.165) is 17.1 Å². The Labute approximate surface area is 123 Å². The van der Waals surface area contributed by atoms with E-state index in [0.29, 0.717) is 10.2 Å². The summed E-state index contributed by atoms with van der Waals surface area (Å²) in [4.78, 5) is 0. The van der Waals surface area contributed by atoms with Gasteiger partial charge in [0.1, 0.15) is 0 Å². The highest BCUT2D eigenvalue weighted by atomic mass is 32.2. The molecule has 0 aliphatic carbocycles. The highest BCUT2D eigenvalue weighted by Gasteiger charge is 2.33. The van der Waals surface area contributed by atoms with Crippen molar-refractivity contribution in [2.24, 2.45) is 17.3 Å². The molecular formula is C17H40S. The maximum Gasteiger partial charge on any atom is 0.0132 e. The number of hydrogen-bond donors (Lipinski definition) is 0. The summed E-state index contributed by atoms with van der Waals surface area (Å²) in [5.74, 6) is 1.52. The van der Waals surface area contributed by atoms with Crippen LogP contribution in [0.3, 0.4) is 0 Å². The van der Waals surface area contributed by atoms with Crippen LogP contribution in [0.5, 0.6) is 0 Å². The summed E-state index contributed by atoms with van der Waals surface area (Å²) >= 11 is 2.12. The summed E-state index contributed by atoms with van der Waals surface area (Å²) < 4.78 is 0.389. The topological polar surface area (TPSA) is 0 Å². The Balaban J connectivity index is -0.00000112. The first kappa shape index (κ1) is 23.4. The fraction of sp³-hybridized carbons (Fsp3) is 1.00. The quantitative estimate of drug-likeness (QED) is 0.509. The van der Waals surface area contributed by atoms with Gasteiger partial charge in [0.15, 0.2) is 0 Å². The lowest BCUT2D eigenvalue weighted by Gasteiger charge is -2.39. The van der Waals surface area contributed by atoms with Crippen LogP contribution in [-0.2, 0) is 0 Å². The lowest BCUT2D eigenvalue weighted by molar-refractivity contribution is 0.179. The average molecular weight is 277 g/mol. The maximum atomic E-state index is 2.42. The molecule has 0 N–H and O–H groups in total. The van der Waals surface area contributed by atoms with E-state index in [1.165, 1.54) is 6.42 Å². The van der Waals surface area contributed by atoms with Gasteiger partial charge in [-0.3, -0.25) is 0 Å². The van der Waals surface area contributed by atoms with Crippen LogP contribution in [0.2, 0.25) is 0 Å². The molecule has 18 heavy (non-hydrogen) atoms. The van der Waals surface area contributed by atoms with Crippen LogP contribution in [0.4, 0.5) is 0 Å². The summed E-state index contributed by atoms with van der Waals surface area (Å²) in [6.45, 7) is 21.3. The molecule has 0 radical (unpaired) electrons. The van der Waals surface area contributed by atoms with E-state index in [9.17, 15) is 0 Å². The molecule has 0 aromatic heterocycles. The lowest BCUT2D eigenvalue weighted by atomic mass is 9.72. The molecule has 0 amide bonds. The maximum absolute atomic E-state index is 2.42. The Bertz CT molecular complexity index is 202. The van der Waals surface area contributed by atoms with Gasteiger partial charge in [0.05, 0.1) is 0 Å². The summed E-state index contributed by atoms with van der Waals surface area (Å²) in [5.41, 5.74) is 0.453. The van der Waals surface area contributed by atoms with E-state index in [-0.39, 0.29) is 14.9 Å². The van der Waals surface area contributed by atoms with Crippen LogP contribution >= 0.6 is 11.8 Å². The Hall–Kier alpha value is 0.350. The predicted molar refractivity (Wildman–Crippen MR) is 92.7 cm³/mol. The zero-order chi connectivity index (χ0) is 13.1. The van der Waals surface area contributed by atoms with Crippen LogP contribution in [0.1, 0.15) is 83.6 Å². The van der Waals surface area contributed by atoms with Crippen LogP contribution in [0.15, 0.2) is 0 Å². The highest BCUT2D eigenvalue weighted by Crippen LogP contribution is 2.43. The minimum absolute atomic E-state index is 0. The number of thioether (sulfide) groups is 1. The van der Waals surface area contributed by atoms with Crippen molar-refractivity contribution >= 4 is 11.8 Å². The van der Waals surface area contributed by atoms with Crippen LogP contribution in [0, 0.1) is 17.3 Å². The molecule has 0 aromatic carbocycles. The molecule has 0 aliphatic heterocycles. The van der Waals surface area contributed by atoms with Gasteiger partial charge >= 0.3 is 0 Å². The van der Waals surface area contributed by atoms with Gasteiger partial charge in [0.25, 0.3) is 0 Å². The van der Waals surface area contributed by atoms with Crippen LogP contribution < -0.4 is 0 Å². The second-order valence-electron chi connectivity index (χ2n) is 7.02.